The van der Waals surface area contributed by atoms with Crippen LogP contribution in [-0.4, -0.2) is 6.29 Å². The van der Waals surface area contributed by atoms with Crippen LogP contribution in [-0.2, 0) is 4.79 Å². The fourth-order valence-electron chi connectivity index (χ4n) is 8.64. The van der Waals surface area contributed by atoms with E-state index >= 15 is 0 Å². The molecule has 0 spiro atoms. The number of hydrogen-bond donors (Lipinski definition) is 0. The first kappa shape index (κ1) is 23.3. The fraction of sp³-hybridized carbons (Fsp3) is 0.964. The zero-order chi connectivity index (χ0) is 21.2. The molecule has 3 aliphatic carbocycles. The summed E-state index contributed by atoms with van der Waals surface area (Å²) in [5.41, 5.74) is 1.00. The van der Waals surface area contributed by atoms with Crippen LogP contribution in [0, 0.1) is 52.3 Å². The van der Waals surface area contributed by atoms with E-state index in [4.69, 9.17) is 0 Å². The Morgan fingerprint density at radius 3 is 2.45 bits per heavy atom. The molecule has 3 rings (SSSR count). The lowest BCUT2D eigenvalue weighted by Gasteiger charge is -2.58. The van der Waals surface area contributed by atoms with Gasteiger partial charge < -0.3 is 4.79 Å². The average molecular weight is 403 g/mol. The number of hydrogen-bond acceptors (Lipinski definition) is 1. The Hall–Kier alpha value is -0.330. The standard InChI is InChI=1S/C28H50O/c1-7-22-19-23-11-8-12-24(21(3)10-9-17-29)27(4,5)15-14-25(23)28(6)16-13-20(2)18-26(22)28/h17,20-26H,7-16,18-19H2,1-6H3/t20?,21?,22-,23?,24+,25?,26?,28+/m0/s1. The number of fused-ring (bicyclic) bond motifs is 3. The van der Waals surface area contributed by atoms with Gasteiger partial charge in [0.25, 0.3) is 0 Å². The van der Waals surface area contributed by atoms with E-state index in [2.05, 4.69) is 41.5 Å². The van der Waals surface area contributed by atoms with Gasteiger partial charge >= 0.3 is 0 Å². The van der Waals surface area contributed by atoms with Gasteiger partial charge in [-0.1, -0.05) is 67.2 Å². The molecule has 0 N–H and O–H groups in total. The van der Waals surface area contributed by atoms with Crippen LogP contribution in [0.1, 0.15) is 119 Å². The van der Waals surface area contributed by atoms with Crippen molar-refractivity contribution >= 4 is 6.29 Å². The topological polar surface area (TPSA) is 17.1 Å². The third kappa shape index (κ3) is 4.79. The Morgan fingerprint density at radius 2 is 1.76 bits per heavy atom. The highest BCUT2D eigenvalue weighted by atomic mass is 16.1. The Bertz CT molecular complexity index is 536. The molecule has 3 saturated carbocycles. The smallest absolute Gasteiger partial charge is 0.120 e. The van der Waals surface area contributed by atoms with Gasteiger partial charge in [0, 0.05) is 6.42 Å². The molecule has 0 radical (unpaired) electrons. The van der Waals surface area contributed by atoms with Gasteiger partial charge in [0.1, 0.15) is 6.29 Å². The third-order valence-corrected chi connectivity index (χ3v) is 10.4. The van der Waals surface area contributed by atoms with Crippen LogP contribution in [0.2, 0.25) is 0 Å². The average Bonchev–Trinajstić information content (AvgIpc) is 2.74. The fourth-order valence-corrected chi connectivity index (χ4v) is 8.64. The summed E-state index contributed by atoms with van der Waals surface area (Å²) < 4.78 is 0. The second-order valence-electron chi connectivity index (χ2n) is 12.5. The van der Waals surface area contributed by atoms with E-state index in [1.54, 1.807) is 0 Å². The lowest BCUT2D eigenvalue weighted by molar-refractivity contribution is -0.108. The summed E-state index contributed by atoms with van der Waals surface area (Å²) in [6, 6.07) is 0. The van der Waals surface area contributed by atoms with Crippen molar-refractivity contribution in [1.82, 2.24) is 0 Å². The Balaban J connectivity index is 1.82. The number of aldehydes is 1. The van der Waals surface area contributed by atoms with Crippen molar-refractivity contribution in [1.29, 1.82) is 0 Å². The summed E-state index contributed by atoms with van der Waals surface area (Å²) in [4.78, 5) is 11.0. The minimum absolute atomic E-state index is 0.409. The molecule has 5 unspecified atom stereocenters. The SMILES string of the molecule is CC[C@H]1CC2CCC[C@H](C(C)CCC=O)C(C)(C)CCC2[C@@]2(C)CCC(C)CC12. The maximum Gasteiger partial charge on any atom is 0.120 e. The summed E-state index contributed by atoms with van der Waals surface area (Å²) in [6.07, 6.45) is 17.4. The van der Waals surface area contributed by atoms with Crippen molar-refractivity contribution in [2.24, 2.45) is 52.3 Å². The molecule has 29 heavy (non-hydrogen) atoms. The van der Waals surface area contributed by atoms with Crippen LogP contribution in [0.4, 0.5) is 0 Å². The second-order valence-corrected chi connectivity index (χ2v) is 12.5. The van der Waals surface area contributed by atoms with Crippen LogP contribution in [0.3, 0.4) is 0 Å². The normalized spacial score (nSPS) is 43.8. The van der Waals surface area contributed by atoms with Crippen LogP contribution in [0.15, 0.2) is 0 Å². The van der Waals surface area contributed by atoms with Crippen molar-refractivity contribution in [3.05, 3.63) is 0 Å². The van der Waals surface area contributed by atoms with Gasteiger partial charge in [0.05, 0.1) is 0 Å². The zero-order valence-electron chi connectivity index (χ0n) is 20.5. The van der Waals surface area contributed by atoms with Crippen molar-refractivity contribution in [3.63, 3.8) is 0 Å². The largest absolute Gasteiger partial charge is 0.303 e. The quantitative estimate of drug-likeness (QED) is 0.422. The van der Waals surface area contributed by atoms with Crippen LogP contribution in [0.5, 0.6) is 0 Å². The van der Waals surface area contributed by atoms with Gasteiger partial charge in [-0.25, -0.2) is 0 Å². The maximum atomic E-state index is 11.0. The van der Waals surface area contributed by atoms with E-state index in [1.807, 2.05) is 0 Å². The molecular weight excluding hydrogens is 352 g/mol. The van der Waals surface area contributed by atoms with E-state index in [0.29, 0.717) is 16.7 Å². The zero-order valence-corrected chi connectivity index (χ0v) is 20.5. The van der Waals surface area contributed by atoms with E-state index in [-0.39, 0.29) is 0 Å². The van der Waals surface area contributed by atoms with Crippen molar-refractivity contribution < 1.29 is 4.79 Å². The molecule has 0 aromatic rings. The number of carbonyl (C=O) groups is 1. The van der Waals surface area contributed by atoms with Gasteiger partial charge in [-0.05, 0) is 97.2 Å². The number of rotatable bonds is 5. The molecule has 1 nitrogen and oxygen atoms in total. The molecule has 0 aromatic carbocycles. The Labute approximate surface area is 182 Å². The summed E-state index contributed by atoms with van der Waals surface area (Å²) in [5, 5.41) is 0. The van der Waals surface area contributed by atoms with E-state index < -0.39 is 0 Å². The summed E-state index contributed by atoms with van der Waals surface area (Å²) in [5.74, 6) is 6.26. The summed E-state index contributed by atoms with van der Waals surface area (Å²) in [7, 11) is 0. The van der Waals surface area contributed by atoms with Crippen molar-refractivity contribution in [2.45, 2.75) is 119 Å². The van der Waals surface area contributed by atoms with Crippen LogP contribution < -0.4 is 0 Å². The lowest BCUT2D eigenvalue weighted by Crippen LogP contribution is -2.50. The second kappa shape index (κ2) is 9.44. The molecule has 168 valence electrons. The molecule has 0 saturated heterocycles. The Morgan fingerprint density at radius 1 is 1.00 bits per heavy atom. The highest BCUT2D eigenvalue weighted by Gasteiger charge is 2.53. The molecule has 0 amide bonds. The molecule has 0 heterocycles. The molecular formula is C28H50O. The first-order valence-corrected chi connectivity index (χ1v) is 13.2. The Kier molecular flexibility index (Phi) is 7.59. The molecule has 3 aliphatic rings. The third-order valence-electron chi connectivity index (χ3n) is 10.4. The van der Waals surface area contributed by atoms with Gasteiger partial charge in [-0.3, -0.25) is 0 Å². The van der Waals surface area contributed by atoms with E-state index in [9.17, 15) is 4.79 Å². The van der Waals surface area contributed by atoms with Gasteiger partial charge in [-0.2, -0.15) is 0 Å². The molecule has 0 aromatic heterocycles. The van der Waals surface area contributed by atoms with E-state index in [0.717, 1.165) is 54.6 Å². The molecule has 8 atom stereocenters. The van der Waals surface area contributed by atoms with E-state index in [1.165, 1.54) is 64.2 Å². The predicted octanol–water partition coefficient (Wildman–Crippen LogP) is 8.31. The van der Waals surface area contributed by atoms with Crippen LogP contribution in [0.25, 0.3) is 0 Å². The minimum Gasteiger partial charge on any atom is -0.303 e. The highest BCUT2D eigenvalue weighted by Crippen LogP contribution is 2.62. The lowest BCUT2D eigenvalue weighted by atomic mass is 9.46. The minimum atomic E-state index is 0.409. The molecule has 0 aliphatic heterocycles. The predicted molar refractivity (Wildman–Crippen MR) is 125 cm³/mol. The van der Waals surface area contributed by atoms with Crippen LogP contribution >= 0.6 is 0 Å². The van der Waals surface area contributed by atoms with Gasteiger partial charge in [0.15, 0.2) is 0 Å². The maximum absolute atomic E-state index is 11.0. The van der Waals surface area contributed by atoms with Gasteiger partial charge in [0.2, 0.25) is 0 Å². The van der Waals surface area contributed by atoms with Gasteiger partial charge in [-0.15, -0.1) is 0 Å². The van der Waals surface area contributed by atoms with Crippen molar-refractivity contribution in [2.75, 3.05) is 0 Å². The first-order chi connectivity index (χ1) is 13.7. The summed E-state index contributed by atoms with van der Waals surface area (Å²) >= 11 is 0. The first-order valence-electron chi connectivity index (χ1n) is 13.2. The molecule has 3 fully saturated rings. The summed E-state index contributed by atoms with van der Waals surface area (Å²) in [6.45, 7) is 15.2. The highest BCUT2D eigenvalue weighted by molar-refractivity contribution is 5.49. The van der Waals surface area contributed by atoms with Crippen molar-refractivity contribution in [3.8, 4) is 0 Å². The molecule has 0 bridgehead atoms. The monoisotopic (exact) mass is 402 g/mol. The number of carbonyl (C=O) groups excluding carboxylic acids is 1. The molecule has 1 heteroatoms.